The Morgan fingerprint density at radius 1 is 1.05 bits per heavy atom. The monoisotopic (exact) mass is 783 g/mol. The largest absolute Gasteiger partial charge is 0.497 e. The number of rotatable bonds is 8. The second kappa shape index (κ2) is 12.8. The zero-order chi connectivity index (χ0) is 38.9. The van der Waals surface area contributed by atoms with Crippen LogP contribution in [0.1, 0.15) is 118 Å². The molecule has 8 atom stereocenters. The molecule has 1 aromatic heterocycles. The van der Waals surface area contributed by atoms with Crippen molar-refractivity contribution in [2.45, 2.75) is 109 Å². The molecule has 0 radical (unpaired) electrons. The molecule has 4 saturated carbocycles. The summed E-state index contributed by atoms with van der Waals surface area (Å²) in [4.78, 5) is 32.0. The van der Waals surface area contributed by atoms with Crippen LogP contribution in [0.4, 0.5) is 0 Å². The molecular formula is C45H58N3O5PS. The number of aromatic nitrogens is 1. The summed E-state index contributed by atoms with van der Waals surface area (Å²) in [7, 11) is 3.16. The Hall–Kier alpha value is -3.00. The Morgan fingerprint density at radius 2 is 1.82 bits per heavy atom. The summed E-state index contributed by atoms with van der Waals surface area (Å²) in [6.45, 7) is 10.3. The highest BCUT2D eigenvalue weighted by Gasteiger charge is 2.77. The predicted molar refractivity (Wildman–Crippen MR) is 222 cm³/mol. The average Bonchev–Trinajstić information content (AvgIpc) is 4.09. The predicted octanol–water partition coefficient (Wildman–Crippen LogP) is 8.84. The van der Waals surface area contributed by atoms with Crippen molar-refractivity contribution in [1.82, 2.24) is 14.2 Å². The van der Waals surface area contributed by atoms with Gasteiger partial charge < -0.3 is 14.2 Å². The van der Waals surface area contributed by atoms with Crippen molar-refractivity contribution in [2.75, 3.05) is 33.5 Å². The summed E-state index contributed by atoms with van der Waals surface area (Å²) >= 11 is 0. The minimum Gasteiger partial charge on any atom is -0.497 e. The molecular weight excluding hydrogens is 726 g/mol. The lowest BCUT2D eigenvalue weighted by Crippen LogP contribution is -2.39. The minimum atomic E-state index is -4.01. The Bertz CT molecular complexity index is 2260. The minimum absolute atomic E-state index is 0.0633. The van der Waals surface area contributed by atoms with Gasteiger partial charge in [0.05, 0.1) is 23.1 Å². The molecule has 294 valence electrons. The molecule has 5 fully saturated rings. The number of methoxy groups -OCH3 is 1. The van der Waals surface area contributed by atoms with Crippen LogP contribution in [0, 0.1) is 28.1 Å². The Labute approximate surface area is 329 Å². The number of ether oxygens (including phenoxy) is 1. The number of hydrogen-bond donors (Lipinski definition) is 1. The number of carbonyl (C=O) groups excluding carboxylic acids is 2. The molecule has 0 bridgehead atoms. The van der Waals surface area contributed by atoms with Gasteiger partial charge in [0.25, 0.3) is 15.9 Å². The molecule has 8 nitrogen and oxygen atoms in total. The molecule has 1 N–H and O–H groups in total. The highest BCUT2D eigenvalue weighted by Crippen LogP contribution is 2.77. The maximum atomic E-state index is 16.0. The molecule has 10 heteroatoms. The molecule has 8 unspecified atom stereocenters. The van der Waals surface area contributed by atoms with Crippen LogP contribution in [-0.2, 0) is 21.4 Å². The molecule has 9 rings (SSSR count). The highest BCUT2D eigenvalue weighted by molar-refractivity contribution is 7.93. The summed E-state index contributed by atoms with van der Waals surface area (Å²) in [6.07, 6.45) is 13.7. The van der Waals surface area contributed by atoms with Crippen LogP contribution in [0.25, 0.3) is 22.2 Å². The Morgan fingerprint density at radius 3 is 2.53 bits per heavy atom. The third-order valence-electron chi connectivity index (χ3n) is 15.8. The lowest BCUT2D eigenvalue weighted by Gasteiger charge is -2.33. The summed E-state index contributed by atoms with van der Waals surface area (Å²) in [5.74, 6) is 1.55. The number of sulfonamides is 1. The number of benzene rings is 2. The van der Waals surface area contributed by atoms with Gasteiger partial charge in [0.2, 0.25) is 0 Å². The highest BCUT2D eigenvalue weighted by atomic mass is 32.2. The van der Waals surface area contributed by atoms with Gasteiger partial charge in [-0.2, -0.15) is 0 Å². The molecule has 6 aliphatic rings. The van der Waals surface area contributed by atoms with E-state index in [2.05, 4.69) is 66.9 Å². The number of allylic oxidation sites excluding steroid dienone is 1. The summed E-state index contributed by atoms with van der Waals surface area (Å²) in [5.41, 5.74) is 5.63. The third-order valence-corrected chi connectivity index (χ3v) is 18.9. The van der Waals surface area contributed by atoms with Gasteiger partial charge in [-0.05, 0) is 143 Å². The zero-order valence-corrected chi connectivity index (χ0v) is 35.3. The zero-order valence-electron chi connectivity index (χ0n) is 33.5. The second-order valence-electron chi connectivity index (χ2n) is 18.8. The van der Waals surface area contributed by atoms with E-state index >= 15 is 4.79 Å². The van der Waals surface area contributed by atoms with E-state index in [1.165, 1.54) is 56.1 Å². The van der Waals surface area contributed by atoms with E-state index in [-0.39, 0.29) is 33.3 Å². The fraction of sp³-hybridized carbons (Fsp3) is 0.600. The molecule has 55 heavy (non-hydrogen) atoms. The molecule has 0 spiro atoms. The number of carbonyl (C=O) groups is 2. The standard InChI is InChI=1S/C45H58N3O5PS/c1-27(2)55(51,52)46-40(49)30-14-16-34-36(20-30)48-25-45(41(50)43-18-11-19-54-26-42(4)24-44(42,47(5)6)23-31(43)22-43)28(3)38(45)35-21-32(53-7)15-17-33(35)39(48)37(34)29-12-9-8-10-13-29/h14-17,20-21,28-29,31,38,54H,1,8-13,18-19,22-26H2,2-7H3,(H,46,49). The number of nitrogens with one attached hydrogen (secondary N) is 1. The van der Waals surface area contributed by atoms with Crippen LogP contribution in [0.3, 0.4) is 0 Å². The molecule has 2 aromatic carbocycles. The summed E-state index contributed by atoms with van der Waals surface area (Å²) in [6, 6.07) is 12.1. The first-order valence-corrected chi connectivity index (χ1v) is 23.5. The van der Waals surface area contributed by atoms with Gasteiger partial charge in [-0.3, -0.25) is 9.59 Å². The molecule has 2 aliphatic heterocycles. The molecule has 3 heterocycles. The lowest BCUT2D eigenvalue weighted by atomic mass is 9.78. The smallest absolute Gasteiger partial charge is 0.265 e. The van der Waals surface area contributed by atoms with E-state index in [4.69, 9.17) is 4.74 Å². The number of nitrogens with zero attached hydrogens (tertiary/aromatic N) is 2. The normalized spacial score (nSPS) is 34.3. The quantitative estimate of drug-likeness (QED) is 0.230. The summed E-state index contributed by atoms with van der Waals surface area (Å²) < 4.78 is 36.0. The maximum Gasteiger partial charge on any atom is 0.265 e. The van der Waals surface area contributed by atoms with Gasteiger partial charge in [-0.1, -0.05) is 45.8 Å². The molecule has 1 amide bonds. The van der Waals surface area contributed by atoms with Gasteiger partial charge in [0.15, 0.2) is 0 Å². The van der Waals surface area contributed by atoms with E-state index in [0.717, 1.165) is 75.0 Å². The number of amides is 1. The van der Waals surface area contributed by atoms with Crippen LogP contribution >= 0.6 is 8.58 Å². The van der Waals surface area contributed by atoms with E-state index in [1.54, 1.807) is 13.2 Å². The van der Waals surface area contributed by atoms with Crippen molar-refractivity contribution in [1.29, 1.82) is 0 Å². The van der Waals surface area contributed by atoms with E-state index in [9.17, 15) is 13.2 Å². The van der Waals surface area contributed by atoms with Crippen LogP contribution < -0.4 is 9.46 Å². The fourth-order valence-corrected chi connectivity index (χ4v) is 14.6. The van der Waals surface area contributed by atoms with Crippen molar-refractivity contribution in [2.24, 2.45) is 28.1 Å². The van der Waals surface area contributed by atoms with Crippen LogP contribution in [0.15, 0.2) is 47.9 Å². The average molecular weight is 784 g/mol. The van der Waals surface area contributed by atoms with Gasteiger partial charge in [0.1, 0.15) is 11.5 Å². The first-order valence-electron chi connectivity index (χ1n) is 20.6. The van der Waals surface area contributed by atoms with Crippen molar-refractivity contribution in [3.63, 3.8) is 0 Å². The molecule has 3 aromatic rings. The summed E-state index contributed by atoms with van der Waals surface area (Å²) in [5, 5.41) is 1.10. The molecule has 4 aliphatic carbocycles. The third kappa shape index (κ3) is 5.44. The van der Waals surface area contributed by atoms with E-state index in [0.29, 0.717) is 29.6 Å². The number of fused-ring (bicyclic) bond motifs is 9. The Balaban J connectivity index is 1.21. The van der Waals surface area contributed by atoms with Gasteiger partial charge in [-0.25, -0.2) is 13.1 Å². The van der Waals surface area contributed by atoms with Crippen LogP contribution in [0.5, 0.6) is 5.75 Å². The number of Topliss-reactive ketones (excluding diaryl/α,β-unsaturated/α-hetero) is 1. The van der Waals surface area contributed by atoms with Crippen molar-refractivity contribution in [3.05, 3.63) is 64.6 Å². The number of hydrogen-bond acceptors (Lipinski definition) is 6. The van der Waals surface area contributed by atoms with E-state index in [1.807, 2.05) is 12.1 Å². The van der Waals surface area contributed by atoms with Gasteiger partial charge >= 0.3 is 0 Å². The number of ketones is 1. The second-order valence-corrected chi connectivity index (χ2v) is 22.1. The first-order chi connectivity index (χ1) is 26.1. The van der Waals surface area contributed by atoms with Crippen LogP contribution in [0.2, 0.25) is 0 Å². The van der Waals surface area contributed by atoms with Crippen LogP contribution in [-0.4, -0.2) is 68.6 Å². The Kier molecular flexibility index (Phi) is 8.71. The van der Waals surface area contributed by atoms with Gasteiger partial charge in [0, 0.05) is 45.4 Å². The first kappa shape index (κ1) is 37.6. The van der Waals surface area contributed by atoms with Crippen molar-refractivity contribution < 1.29 is 22.7 Å². The maximum absolute atomic E-state index is 16.0. The molecule has 1 saturated heterocycles. The van der Waals surface area contributed by atoms with Crippen molar-refractivity contribution in [3.8, 4) is 17.0 Å². The lowest BCUT2D eigenvalue weighted by molar-refractivity contribution is -0.131. The van der Waals surface area contributed by atoms with Crippen molar-refractivity contribution >= 4 is 41.2 Å². The SMILES string of the molecule is C=C(C)S(=O)(=O)NC(=O)c1ccc2c(C3CCCCC3)c3n(c2c1)CC1(C(=O)C24CCCPCC5(C)CC5(N(C)C)CC2C4)C(C)C1c1cc(OC)ccc1-3. The van der Waals surface area contributed by atoms with Gasteiger partial charge in [-0.15, -0.1) is 8.58 Å². The fourth-order valence-electron chi connectivity index (χ4n) is 12.4. The van der Waals surface area contributed by atoms with E-state index < -0.39 is 21.3 Å². The topological polar surface area (TPSA) is 97.7 Å².